The van der Waals surface area contributed by atoms with Crippen LogP contribution in [0.2, 0.25) is 0 Å². The molecule has 0 spiro atoms. The predicted molar refractivity (Wildman–Crippen MR) is 121 cm³/mol. The van der Waals surface area contributed by atoms with Crippen LogP contribution >= 0.6 is 0 Å². The maximum atomic E-state index is 12.5. The van der Waals surface area contributed by atoms with Gasteiger partial charge in [-0.1, -0.05) is 18.2 Å². The number of carbonyl (C=O) groups is 1. The van der Waals surface area contributed by atoms with Crippen molar-refractivity contribution in [3.8, 4) is 11.3 Å². The van der Waals surface area contributed by atoms with Crippen molar-refractivity contribution in [3.63, 3.8) is 0 Å². The molecule has 3 aromatic rings. The molecular formula is C24H24N6O. The Kier molecular flexibility index (Phi) is 6.12. The number of aliphatic imine (C=N–C) groups is 1. The van der Waals surface area contributed by atoms with E-state index in [-0.39, 0.29) is 6.03 Å². The van der Waals surface area contributed by atoms with E-state index in [4.69, 9.17) is 0 Å². The van der Waals surface area contributed by atoms with Crippen LogP contribution in [-0.4, -0.2) is 31.5 Å². The molecule has 0 radical (unpaired) electrons. The van der Waals surface area contributed by atoms with Crippen molar-refractivity contribution in [1.82, 2.24) is 25.1 Å². The molecule has 7 nitrogen and oxygen atoms in total. The van der Waals surface area contributed by atoms with Gasteiger partial charge in [-0.3, -0.25) is 15.0 Å². The summed E-state index contributed by atoms with van der Waals surface area (Å²) in [6.07, 6.45) is 16.4. The standard InChI is InChI=1S/C24H24N6O/c1-17-11-19(13-27-23(17)20-8-10-25-18(2)12-20)14-28-24(31)30-16-21(15-29-30)22-7-5-3-4-6-9-26-22/h3-4,6,8-13,15-16H,5,7,14H2,1-2H3,(H,28,31)/b4-3-,9-6-,26-22+. The molecule has 0 aromatic carbocycles. The number of allylic oxidation sites excluding steroid dienone is 3. The first-order chi connectivity index (χ1) is 15.1. The zero-order valence-corrected chi connectivity index (χ0v) is 17.6. The summed E-state index contributed by atoms with van der Waals surface area (Å²) in [7, 11) is 0. The first-order valence-electron chi connectivity index (χ1n) is 10.2. The molecule has 0 atom stereocenters. The molecule has 3 aromatic heterocycles. The Bertz CT molecular complexity index is 1190. The Hall–Kier alpha value is -3.87. The van der Waals surface area contributed by atoms with E-state index in [0.717, 1.165) is 52.2 Å². The molecule has 1 N–H and O–H groups in total. The highest BCUT2D eigenvalue weighted by molar-refractivity contribution is 6.01. The number of amides is 1. The van der Waals surface area contributed by atoms with Gasteiger partial charge in [0.25, 0.3) is 0 Å². The molecule has 1 aliphatic heterocycles. The zero-order chi connectivity index (χ0) is 21.6. The van der Waals surface area contributed by atoms with Gasteiger partial charge in [0.1, 0.15) is 0 Å². The lowest BCUT2D eigenvalue weighted by atomic mass is 10.1. The monoisotopic (exact) mass is 412 g/mol. The van der Waals surface area contributed by atoms with E-state index in [2.05, 4.69) is 31.5 Å². The summed E-state index contributed by atoms with van der Waals surface area (Å²) in [5, 5.41) is 7.09. The van der Waals surface area contributed by atoms with Crippen molar-refractivity contribution in [3.05, 3.63) is 89.8 Å². The molecule has 0 saturated carbocycles. The van der Waals surface area contributed by atoms with Crippen LogP contribution in [0.4, 0.5) is 4.79 Å². The Morgan fingerprint density at radius 3 is 2.87 bits per heavy atom. The van der Waals surface area contributed by atoms with Gasteiger partial charge in [0.15, 0.2) is 0 Å². The summed E-state index contributed by atoms with van der Waals surface area (Å²) in [5.41, 5.74) is 6.64. The van der Waals surface area contributed by atoms with Crippen LogP contribution in [0.1, 0.15) is 35.2 Å². The largest absolute Gasteiger partial charge is 0.342 e. The van der Waals surface area contributed by atoms with E-state index in [1.54, 1.807) is 31.0 Å². The van der Waals surface area contributed by atoms with E-state index in [1.165, 1.54) is 4.68 Å². The minimum atomic E-state index is -0.292. The third-order valence-electron chi connectivity index (χ3n) is 4.98. The molecule has 0 aliphatic carbocycles. The number of nitrogens with zero attached hydrogens (tertiary/aromatic N) is 5. The normalized spacial score (nSPS) is 17.2. The maximum Gasteiger partial charge on any atom is 0.342 e. The van der Waals surface area contributed by atoms with Crippen LogP contribution in [0, 0.1) is 13.8 Å². The van der Waals surface area contributed by atoms with E-state index >= 15 is 0 Å². The number of hydrogen-bond donors (Lipinski definition) is 1. The van der Waals surface area contributed by atoms with Gasteiger partial charge in [0.2, 0.25) is 0 Å². The fraction of sp³-hybridized carbons (Fsp3) is 0.208. The predicted octanol–water partition coefficient (Wildman–Crippen LogP) is 4.37. The molecule has 4 rings (SSSR count). The van der Waals surface area contributed by atoms with Crippen LogP contribution in [0.25, 0.3) is 11.3 Å². The van der Waals surface area contributed by atoms with E-state index in [1.807, 2.05) is 44.2 Å². The quantitative estimate of drug-likeness (QED) is 0.690. The average molecular weight is 412 g/mol. The van der Waals surface area contributed by atoms with Crippen LogP contribution < -0.4 is 5.32 Å². The highest BCUT2D eigenvalue weighted by Gasteiger charge is 2.12. The Morgan fingerprint density at radius 2 is 2.03 bits per heavy atom. The van der Waals surface area contributed by atoms with Gasteiger partial charge in [0.05, 0.1) is 17.6 Å². The fourth-order valence-electron chi connectivity index (χ4n) is 3.43. The molecule has 1 amide bonds. The van der Waals surface area contributed by atoms with Crippen LogP contribution in [-0.2, 0) is 6.54 Å². The topological polar surface area (TPSA) is 85.1 Å². The summed E-state index contributed by atoms with van der Waals surface area (Å²) in [6, 6.07) is 5.71. The van der Waals surface area contributed by atoms with Crippen LogP contribution in [0.15, 0.2) is 72.4 Å². The summed E-state index contributed by atoms with van der Waals surface area (Å²) < 4.78 is 1.31. The van der Waals surface area contributed by atoms with Gasteiger partial charge in [0, 0.05) is 48.2 Å². The van der Waals surface area contributed by atoms with Crippen molar-refractivity contribution in [2.45, 2.75) is 33.2 Å². The molecule has 4 heterocycles. The molecular weight excluding hydrogens is 388 g/mol. The van der Waals surface area contributed by atoms with Crippen molar-refractivity contribution in [1.29, 1.82) is 0 Å². The lowest BCUT2D eigenvalue weighted by Crippen LogP contribution is -2.28. The second-order valence-corrected chi connectivity index (χ2v) is 7.41. The summed E-state index contributed by atoms with van der Waals surface area (Å²) in [6.45, 7) is 4.34. The van der Waals surface area contributed by atoms with Gasteiger partial charge >= 0.3 is 6.03 Å². The highest BCUT2D eigenvalue weighted by Crippen LogP contribution is 2.21. The van der Waals surface area contributed by atoms with E-state index in [9.17, 15) is 4.79 Å². The number of rotatable bonds is 4. The molecule has 0 unspecified atom stereocenters. The Labute approximate surface area is 181 Å². The molecule has 0 saturated heterocycles. The number of hydrogen-bond acceptors (Lipinski definition) is 5. The SMILES string of the molecule is Cc1cc(-c2ncc(CNC(=O)n3cc(/C4=N/C=C\C=C/CC4)cn3)cc2C)ccn1. The molecule has 31 heavy (non-hydrogen) atoms. The van der Waals surface area contributed by atoms with Crippen LogP contribution in [0.5, 0.6) is 0 Å². The number of aryl methyl sites for hydroxylation is 2. The summed E-state index contributed by atoms with van der Waals surface area (Å²) in [4.78, 5) is 25.8. The number of pyridine rings is 2. The van der Waals surface area contributed by atoms with Crippen molar-refractivity contribution < 1.29 is 4.79 Å². The van der Waals surface area contributed by atoms with Gasteiger partial charge in [-0.2, -0.15) is 9.78 Å². The minimum absolute atomic E-state index is 0.292. The first kappa shape index (κ1) is 20.4. The van der Waals surface area contributed by atoms with Gasteiger partial charge in [-0.15, -0.1) is 0 Å². The Morgan fingerprint density at radius 1 is 1.13 bits per heavy atom. The van der Waals surface area contributed by atoms with Gasteiger partial charge in [-0.05, 0) is 56.0 Å². The molecule has 156 valence electrons. The van der Waals surface area contributed by atoms with Crippen molar-refractivity contribution in [2.75, 3.05) is 0 Å². The third kappa shape index (κ3) is 5.01. The number of carbonyl (C=O) groups excluding carboxylic acids is 1. The number of aromatic nitrogens is 4. The highest BCUT2D eigenvalue weighted by atomic mass is 16.2. The van der Waals surface area contributed by atoms with E-state index < -0.39 is 0 Å². The maximum absolute atomic E-state index is 12.5. The summed E-state index contributed by atoms with van der Waals surface area (Å²) >= 11 is 0. The zero-order valence-electron chi connectivity index (χ0n) is 17.6. The molecule has 1 aliphatic rings. The fourth-order valence-corrected chi connectivity index (χ4v) is 3.43. The van der Waals surface area contributed by atoms with E-state index in [0.29, 0.717) is 6.54 Å². The third-order valence-corrected chi connectivity index (χ3v) is 4.98. The second-order valence-electron chi connectivity index (χ2n) is 7.41. The van der Waals surface area contributed by atoms with Crippen LogP contribution in [0.3, 0.4) is 0 Å². The first-order valence-corrected chi connectivity index (χ1v) is 10.2. The minimum Gasteiger partial charge on any atom is -0.332 e. The summed E-state index contributed by atoms with van der Waals surface area (Å²) in [5.74, 6) is 0. The van der Waals surface area contributed by atoms with Gasteiger partial charge in [-0.25, -0.2) is 4.79 Å². The molecule has 0 fully saturated rings. The Balaban J connectivity index is 1.41. The van der Waals surface area contributed by atoms with Crippen molar-refractivity contribution >= 4 is 11.7 Å². The smallest absolute Gasteiger partial charge is 0.332 e. The number of nitrogens with one attached hydrogen (secondary N) is 1. The molecule has 7 heteroatoms. The lowest BCUT2D eigenvalue weighted by Gasteiger charge is -2.09. The molecule has 0 bridgehead atoms. The van der Waals surface area contributed by atoms with Gasteiger partial charge < -0.3 is 5.32 Å². The second kappa shape index (κ2) is 9.30. The average Bonchev–Trinajstić information content (AvgIpc) is 3.22. The van der Waals surface area contributed by atoms with Crippen molar-refractivity contribution in [2.24, 2.45) is 4.99 Å². The lowest BCUT2D eigenvalue weighted by molar-refractivity contribution is 0.239.